The summed E-state index contributed by atoms with van der Waals surface area (Å²) in [7, 11) is 1.89. The van der Waals surface area contributed by atoms with Crippen molar-refractivity contribution in [1.29, 1.82) is 0 Å². The van der Waals surface area contributed by atoms with Crippen LogP contribution in [-0.2, 0) is 11.8 Å². The van der Waals surface area contributed by atoms with Crippen LogP contribution in [0.25, 0.3) is 10.6 Å². The Balaban J connectivity index is 0.000000246. The molecule has 2 heterocycles. The van der Waals surface area contributed by atoms with Gasteiger partial charge in [-0.25, -0.2) is 9.78 Å². The van der Waals surface area contributed by atoms with Crippen LogP contribution in [0.2, 0.25) is 0 Å². The number of nitrogen functional groups attached to an aromatic ring is 1. The molecule has 2 aromatic rings. The minimum atomic E-state index is -5.08. The van der Waals surface area contributed by atoms with Gasteiger partial charge >= 0.3 is 12.1 Å². The molecule has 3 N–H and O–H groups in total. The van der Waals surface area contributed by atoms with E-state index in [1.54, 1.807) is 4.68 Å². The standard InChI is InChI=1S/C8H10N4S.C2HF3O2/c1-5-7(13-8(9)10-5)6-3-4-12(2)11-6;3-2(4,5)1(6)7/h3-4H,1-2H3,(H2,9,10);(H,6,7). The highest BCUT2D eigenvalue weighted by molar-refractivity contribution is 7.18. The summed E-state index contributed by atoms with van der Waals surface area (Å²) in [5.74, 6) is -2.76. The van der Waals surface area contributed by atoms with Gasteiger partial charge in [-0.05, 0) is 13.0 Å². The van der Waals surface area contributed by atoms with Crippen molar-refractivity contribution in [3.05, 3.63) is 18.0 Å². The summed E-state index contributed by atoms with van der Waals surface area (Å²) in [6.07, 6.45) is -3.18. The van der Waals surface area contributed by atoms with Gasteiger partial charge < -0.3 is 10.8 Å². The average Bonchev–Trinajstić information content (AvgIpc) is 2.84. The van der Waals surface area contributed by atoms with Crippen molar-refractivity contribution < 1.29 is 23.1 Å². The first-order chi connectivity index (χ1) is 9.11. The van der Waals surface area contributed by atoms with Crippen molar-refractivity contribution in [3.63, 3.8) is 0 Å². The number of alkyl halides is 3. The number of halogens is 3. The van der Waals surface area contributed by atoms with Gasteiger partial charge in [0.15, 0.2) is 5.13 Å². The molecule has 2 rings (SSSR count). The van der Waals surface area contributed by atoms with Crippen molar-refractivity contribution >= 4 is 22.4 Å². The molecule has 0 radical (unpaired) electrons. The summed E-state index contributed by atoms with van der Waals surface area (Å²) in [4.78, 5) is 14.1. The van der Waals surface area contributed by atoms with E-state index < -0.39 is 12.1 Å². The molecular formula is C10H11F3N4O2S. The Hall–Kier alpha value is -2.10. The van der Waals surface area contributed by atoms with Crippen molar-refractivity contribution in [2.45, 2.75) is 13.1 Å². The molecule has 0 aliphatic heterocycles. The van der Waals surface area contributed by atoms with E-state index in [2.05, 4.69) is 10.1 Å². The zero-order valence-corrected chi connectivity index (χ0v) is 11.3. The minimum Gasteiger partial charge on any atom is -0.475 e. The van der Waals surface area contributed by atoms with Gasteiger partial charge in [0.2, 0.25) is 0 Å². The molecule has 0 aliphatic carbocycles. The van der Waals surface area contributed by atoms with E-state index in [0.29, 0.717) is 5.13 Å². The highest BCUT2D eigenvalue weighted by Crippen LogP contribution is 2.29. The molecule has 110 valence electrons. The number of anilines is 1. The Labute approximate surface area is 115 Å². The fraction of sp³-hybridized carbons (Fsp3) is 0.300. The number of nitrogens with zero attached hydrogens (tertiary/aromatic N) is 3. The maximum Gasteiger partial charge on any atom is 0.490 e. The van der Waals surface area contributed by atoms with Gasteiger partial charge in [-0.1, -0.05) is 11.3 Å². The Morgan fingerprint density at radius 3 is 2.35 bits per heavy atom. The summed E-state index contributed by atoms with van der Waals surface area (Å²) >= 11 is 1.47. The molecule has 0 aliphatic rings. The molecule has 0 fully saturated rings. The number of carboxylic acids is 1. The first-order valence-electron chi connectivity index (χ1n) is 5.14. The molecule has 0 unspecified atom stereocenters. The Bertz CT molecular complexity index is 606. The van der Waals surface area contributed by atoms with Gasteiger partial charge in [-0.15, -0.1) is 0 Å². The van der Waals surface area contributed by atoms with E-state index in [1.165, 1.54) is 11.3 Å². The van der Waals surface area contributed by atoms with Gasteiger partial charge in [-0.3, -0.25) is 4.68 Å². The van der Waals surface area contributed by atoms with Crippen LogP contribution in [-0.4, -0.2) is 32.0 Å². The van der Waals surface area contributed by atoms with Crippen LogP contribution in [0.15, 0.2) is 12.3 Å². The van der Waals surface area contributed by atoms with Crippen molar-refractivity contribution in [2.75, 3.05) is 5.73 Å². The number of hydrogen-bond acceptors (Lipinski definition) is 5. The quantitative estimate of drug-likeness (QED) is 0.841. The zero-order valence-electron chi connectivity index (χ0n) is 10.5. The second-order valence-corrected chi connectivity index (χ2v) is 4.67. The van der Waals surface area contributed by atoms with Crippen LogP contribution < -0.4 is 5.73 Å². The molecule has 6 nitrogen and oxygen atoms in total. The van der Waals surface area contributed by atoms with Crippen LogP contribution >= 0.6 is 11.3 Å². The largest absolute Gasteiger partial charge is 0.490 e. The number of aromatic nitrogens is 3. The summed E-state index contributed by atoms with van der Waals surface area (Å²) in [6, 6.07) is 1.96. The van der Waals surface area contributed by atoms with Gasteiger partial charge in [0.05, 0.1) is 10.6 Å². The van der Waals surface area contributed by atoms with Crippen LogP contribution in [0.4, 0.5) is 18.3 Å². The first kappa shape index (κ1) is 16.0. The maximum absolute atomic E-state index is 10.6. The average molecular weight is 308 g/mol. The number of hydrogen-bond donors (Lipinski definition) is 2. The topological polar surface area (TPSA) is 94.0 Å². The van der Waals surface area contributed by atoms with Crippen LogP contribution in [0.5, 0.6) is 0 Å². The molecular weight excluding hydrogens is 297 g/mol. The lowest BCUT2D eigenvalue weighted by atomic mass is 10.3. The van der Waals surface area contributed by atoms with E-state index in [9.17, 15) is 13.2 Å². The summed E-state index contributed by atoms with van der Waals surface area (Å²) < 4.78 is 33.5. The van der Waals surface area contributed by atoms with Gasteiger partial charge in [-0.2, -0.15) is 18.3 Å². The molecule has 0 atom stereocenters. The zero-order chi connectivity index (χ0) is 15.5. The maximum atomic E-state index is 10.6. The first-order valence-corrected chi connectivity index (χ1v) is 5.96. The molecule has 0 aromatic carbocycles. The van der Waals surface area contributed by atoms with E-state index in [1.807, 2.05) is 26.2 Å². The van der Waals surface area contributed by atoms with E-state index >= 15 is 0 Å². The minimum absolute atomic E-state index is 0.596. The lowest BCUT2D eigenvalue weighted by Gasteiger charge is -1.93. The number of carboxylic acid groups (broad SMARTS) is 1. The molecule has 0 spiro atoms. The highest BCUT2D eigenvalue weighted by atomic mass is 32.1. The van der Waals surface area contributed by atoms with Crippen LogP contribution in [0.1, 0.15) is 5.69 Å². The van der Waals surface area contributed by atoms with Crippen molar-refractivity contribution in [2.24, 2.45) is 7.05 Å². The monoisotopic (exact) mass is 308 g/mol. The lowest BCUT2D eigenvalue weighted by Crippen LogP contribution is -2.21. The third-order valence-corrected chi connectivity index (χ3v) is 3.01. The predicted molar refractivity (Wildman–Crippen MR) is 67.2 cm³/mol. The number of carbonyl (C=O) groups is 1. The van der Waals surface area contributed by atoms with E-state index in [0.717, 1.165) is 16.3 Å². The molecule has 20 heavy (non-hydrogen) atoms. The van der Waals surface area contributed by atoms with Crippen LogP contribution in [0, 0.1) is 6.92 Å². The smallest absolute Gasteiger partial charge is 0.475 e. The van der Waals surface area contributed by atoms with Gasteiger partial charge in [0.1, 0.15) is 5.69 Å². The van der Waals surface area contributed by atoms with Crippen molar-refractivity contribution in [1.82, 2.24) is 14.8 Å². The predicted octanol–water partition coefficient (Wildman–Crippen LogP) is 2.07. The third kappa shape index (κ3) is 4.23. The second kappa shape index (κ2) is 5.90. The van der Waals surface area contributed by atoms with E-state index in [-0.39, 0.29) is 0 Å². The van der Waals surface area contributed by atoms with E-state index in [4.69, 9.17) is 15.6 Å². The molecule has 10 heteroatoms. The Morgan fingerprint density at radius 2 is 2.05 bits per heavy atom. The second-order valence-electron chi connectivity index (χ2n) is 3.64. The Morgan fingerprint density at radius 1 is 1.50 bits per heavy atom. The summed E-state index contributed by atoms with van der Waals surface area (Å²) in [5, 5.41) is 12.0. The van der Waals surface area contributed by atoms with Crippen molar-refractivity contribution in [3.8, 4) is 10.6 Å². The lowest BCUT2D eigenvalue weighted by molar-refractivity contribution is -0.192. The summed E-state index contributed by atoms with van der Waals surface area (Å²) in [6.45, 7) is 1.94. The van der Waals surface area contributed by atoms with Crippen LogP contribution in [0.3, 0.4) is 0 Å². The third-order valence-electron chi connectivity index (χ3n) is 2.00. The summed E-state index contributed by atoms with van der Waals surface area (Å²) in [5.41, 5.74) is 7.48. The molecule has 0 bridgehead atoms. The number of aryl methyl sites for hydroxylation is 2. The normalized spacial score (nSPS) is 10.8. The fourth-order valence-corrected chi connectivity index (χ4v) is 1.99. The molecule has 0 saturated heterocycles. The molecule has 0 saturated carbocycles. The highest BCUT2D eigenvalue weighted by Gasteiger charge is 2.38. The number of rotatable bonds is 1. The fourth-order valence-electron chi connectivity index (χ4n) is 1.19. The SMILES string of the molecule is Cc1nc(N)sc1-c1ccn(C)n1.O=C(O)C(F)(F)F. The van der Waals surface area contributed by atoms with Gasteiger partial charge in [0.25, 0.3) is 0 Å². The number of nitrogens with two attached hydrogens (primary N) is 1. The number of thiazole rings is 1. The number of aliphatic carboxylic acids is 1. The van der Waals surface area contributed by atoms with Gasteiger partial charge in [0, 0.05) is 13.2 Å². The Kier molecular flexibility index (Phi) is 4.71. The molecule has 0 amide bonds. The molecule has 2 aromatic heterocycles.